The Morgan fingerprint density at radius 1 is 1.42 bits per heavy atom. The van der Waals surface area contributed by atoms with Gasteiger partial charge in [-0.05, 0) is 25.6 Å². The number of benzene rings is 1. The van der Waals surface area contributed by atoms with E-state index in [2.05, 4.69) is 10.6 Å². The minimum absolute atomic E-state index is 0.0362. The third-order valence-corrected chi connectivity index (χ3v) is 2.54. The zero-order valence-electron chi connectivity index (χ0n) is 10.7. The number of hydrogen-bond acceptors (Lipinski definition) is 5. The highest BCUT2D eigenvalue weighted by Gasteiger charge is 2.14. The van der Waals surface area contributed by atoms with Crippen LogP contribution in [-0.4, -0.2) is 35.6 Å². The topological polar surface area (TPSA) is 105 Å². The lowest BCUT2D eigenvalue weighted by atomic mass is 10.1. The monoisotopic (exact) mass is 267 g/mol. The van der Waals surface area contributed by atoms with Crippen LogP contribution >= 0.6 is 0 Å². The minimum Gasteiger partial charge on any atom is -0.478 e. The second kappa shape index (κ2) is 7.32. The number of carbonyl (C=O) groups is 1. The predicted octanol–water partition coefficient (Wildman–Crippen LogP) is 1.70. The Morgan fingerprint density at radius 2 is 2.16 bits per heavy atom. The maximum absolute atomic E-state index is 11.0. The van der Waals surface area contributed by atoms with Gasteiger partial charge in [0.15, 0.2) is 0 Å². The summed E-state index contributed by atoms with van der Waals surface area (Å²) in [5.74, 6) is -1.11. The van der Waals surface area contributed by atoms with Gasteiger partial charge in [0.2, 0.25) is 0 Å². The molecular weight excluding hydrogens is 250 g/mol. The molecule has 0 fully saturated rings. The fraction of sp³-hybridized carbons (Fsp3) is 0.417. The van der Waals surface area contributed by atoms with Crippen molar-refractivity contribution in [1.29, 1.82) is 0 Å². The van der Waals surface area contributed by atoms with Crippen molar-refractivity contribution in [1.82, 2.24) is 5.32 Å². The highest BCUT2D eigenvalue weighted by atomic mass is 16.6. The summed E-state index contributed by atoms with van der Waals surface area (Å²) in [4.78, 5) is 21.1. The maximum Gasteiger partial charge on any atom is 0.337 e. The Hall–Kier alpha value is -2.15. The third-order valence-electron chi connectivity index (χ3n) is 2.54. The van der Waals surface area contributed by atoms with E-state index in [1.807, 2.05) is 6.92 Å². The summed E-state index contributed by atoms with van der Waals surface area (Å²) < 4.78 is 0. The number of carboxylic acid groups (broad SMARTS) is 1. The smallest absolute Gasteiger partial charge is 0.337 e. The lowest BCUT2D eigenvalue weighted by Crippen LogP contribution is -2.17. The molecule has 104 valence electrons. The molecule has 7 heteroatoms. The van der Waals surface area contributed by atoms with E-state index in [0.29, 0.717) is 6.54 Å². The Labute approximate surface area is 110 Å². The van der Waals surface area contributed by atoms with E-state index >= 15 is 0 Å². The van der Waals surface area contributed by atoms with Crippen molar-refractivity contribution in [3.63, 3.8) is 0 Å². The lowest BCUT2D eigenvalue weighted by Gasteiger charge is -2.09. The number of carboxylic acids is 1. The van der Waals surface area contributed by atoms with Gasteiger partial charge in [-0.2, -0.15) is 0 Å². The number of nitrogens with zero attached hydrogens (tertiary/aromatic N) is 1. The molecule has 1 rings (SSSR count). The van der Waals surface area contributed by atoms with Gasteiger partial charge in [-0.15, -0.1) is 0 Å². The van der Waals surface area contributed by atoms with Crippen LogP contribution < -0.4 is 10.6 Å². The van der Waals surface area contributed by atoms with Crippen LogP contribution in [-0.2, 0) is 0 Å². The first-order chi connectivity index (χ1) is 9.06. The first-order valence-corrected chi connectivity index (χ1v) is 6.02. The van der Waals surface area contributed by atoms with Crippen LogP contribution in [0.5, 0.6) is 0 Å². The van der Waals surface area contributed by atoms with E-state index in [0.717, 1.165) is 19.5 Å². The molecule has 0 saturated carbocycles. The third kappa shape index (κ3) is 4.55. The van der Waals surface area contributed by atoms with E-state index in [-0.39, 0.29) is 16.9 Å². The quantitative estimate of drug-likeness (QED) is 0.376. The van der Waals surface area contributed by atoms with Crippen LogP contribution in [0.4, 0.5) is 11.4 Å². The first-order valence-electron chi connectivity index (χ1n) is 6.02. The van der Waals surface area contributed by atoms with Crippen LogP contribution in [0.1, 0.15) is 23.7 Å². The first kappa shape index (κ1) is 14.9. The number of hydrogen-bond donors (Lipinski definition) is 3. The molecule has 0 saturated heterocycles. The average Bonchev–Trinajstić information content (AvgIpc) is 2.38. The molecule has 0 aromatic heterocycles. The number of nitro benzene ring substituents is 1. The molecule has 0 aliphatic heterocycles. The van der Waals surface area contributed by atoms with E-state index in [1.165, 1.54) is 18.2 Å². The highest BCUT2D eigenvalue weighted by molar-refractivity contribution is 5.94. The van der Waals surface area contributed by atoms with Crippen molar-refractivity contribution >= 4 is 17.3 Å². The molecule has 3 N–H and O–H groups in total. The molecule has 0 radical (unpaired) electrons. The number of non-ortho nitro benzene ring substituents is 1. The fourth-order valence-electron chi connectivity index (χ4n) is 1.59. The SMILES string of the molecule is CCNCCCNc1cc([N+](=O)[O-])ccc1C(=O)O. The number of nitrogens with one attached hydrogen (secondary N) is 2. The molecule has 0 atom stereocenters. The summed E-state index contributed by atoms with van der Waals surface area (Å²) in [5.41, 5.74) is 0.187. The average molecular weight is 267 g/mol. The van der Waals surface area contributed by atoms with Crippen LogP contribution in [0.3, 0.4) is 0 Å². The highest BCUT2D eigenvalue weighted by Crippen LogP contribution is 2.22. The number of aromatic carboxylic acids is 1. The molecule has 0 unspecified atom stereocenters. The molecule has 1 aromatic rings. The van der Waals surface area contributed by atoms with Crippen molar-refractivity contribution < 1.29 is 14.8 Å². The van der Waals surface area contributed by atoms with Gasteiger partial charge in [-0.25, -0.2) is 4.79 Å². The van der Waals surface area contributed by atoms with Crippen LogP contribution in [0.15, 0.2) is 18.2 Å². The van der Waals surface area contributed by atoms with E-state index in [4.69, 9.17) is 5.11 Å². The van der Waals surface area contributed by atoms with Crippen molar-refractivity contribution in [3.05, 3.63) is 33.9 Å². The van der Waals surface area contributed by atoms with Gasteiger partial charge in [0, 0.05) is 18.7 Å². The molecule has 0 bridgehead atoms. The number of anilines is 1. The van der Waals surface area contributed by atoms with Gasteiger partial charge < -0.3 is 15.7 Å². The molecule has 0 heterocycles. The van der Waals surface area contributed by atoms with E-state index in [1.54, 1.807) is 0 Å². The molecular formula is C12H17N3O4. The number of nitro groups is 1. The van der Waals surface area contributed by atoms with Crippen molar-refractivity contribution in [3.8, 4) is 0 Å². The Morgan fingerprint density at radius 3 is 2.74 bits per heavy atom. The van der Waals surface area contributed by atoms with E-state index < -0.39 is 10.9 Å². The summed E-state index contributed by atoms with van der Waals surface area (Å²) in [6, 6.07) is 3.68. The predicted molar refractivity (Wildman–Crippen MR) is 71.7 cm³/mol. The zero-order valence-corrected chi connectivity index (χ0v) is 10.7. The maximum atomic E-state index is 11.0. The van der Waals surface area contributed by atoms with Crippen molar-refractivity contribution in [2.75, 3.05) is 25.0 Å². The van der Waals surface area contributed by atoms with Gasteiger partial charge in [-0.3, -0.25) is 10.1 Å². The van der Waals surface area contributed by atoms with Crippen molar-refractivity contribution in [2.45, 2.75) is 13.3 Å². The van der Waals surface area contributed by atoms with Gasteiger partial charge in [0.1, 0.15) is 0 Å². The van der Waals surface area contributed by atoms with Gasteiger partial charge in [-0.1, -0.05) is 6.92 Å². The summed E-state index contributed by atoms with van der Waals surface area (Å²) >= 11 is 0. The van der Waals surface area contributed by atoms with E-state index in [9.17, 15) is 14.9 Å². The molecule has 7 nitrogen and oxygen atoms in total. The molecule has 0 aliphatic rings. The molecule has 0 amide bonds. The van der Waals surface area contributed by atoms with Crippen LogP contribution in [0.25, 0.3) is 0 Å². The van der Waals surface area contributed by atoms with Gasteiger partial charge in [0.25, 0.3) is 5.69 Å². The van der Waals surface area contributed by atoms with Gasteiger partial charge >= 0.3 is 5.97 Å². The summed E-state index contributed by atoms with van der Waals surface area (Å²) in [6.07, 6.45) is 0.801. The largest absolute Gasteiger partial charge is 0.478 e. The normalized spacial score (nSPS) is 10.2. The standard InChI is InChI=1S/C12H17N3O4/c1-2-13-6-3-7-14-11-8-9(15(18)19)4-5-10(11)12(16)17/h4-5,8,13-14H,2-3,6-7H2,1H3,(H,16,17). The number of rotatable bonds is 8. The zero-order chi connectivity index (χ0) is 14.3. The summed E-state index contributed by atoms with van der Waals surface area (Å²) in [6.45, 7) is 4.23. The molecule has 0 aliphatic carbocycles. The lowest BCUT2D eigenvalue weighted by molar-refractivity contribution is -0.384. The van der Waals surface area contributed by atoms with Gasteiger partial charge in [0.05, 0.1) is 16.2 Å². The Balaban J connectivity index is 2.74. The van der Waals surface area contributed by atoms with Crippen molar-refractivity contribution in [2.24, 2.45) is 0 Å². The molecule has 19 heavy (non-hydrogen) atoms. The summed E-state index contributed by atoms with van der Waals surface area (Å²) in [5, 5.41) is 25.7. The second-order valence-corrected chi connectivity index (χ2v) is 3.93. The fourth-order valence-corrected chi connectivity index (χ4v) is 1.59. The Kier molecular flexibility index (Phi) is 5.74. The van der Waals surface area contributed by atoms with Crippen LogP contribution in [0.2, 0.25) is 0 Å². The second-order valence-electron chi connectivity index (χ2n) is 3.93. The summed E-state index contributed by atoms with van der Waals surface area (Å²) in [7, 11) is 0. The Bertz CT molecular complexity index is 462. The minimum atomic E-state index is -1.11. The molecule has 0 spiro atoms. The van der Waals surface area contributed by atoms with Crippen LogP contribution in [0, 0.1) is 10.1 Å². The molecule has 1 aromatic carbocycles.